The minimum absolute atomic E-state index is 0.236. The van der Waals surface area contributed by atoms with Crippen molar-refractivity contribution < 1.29 is 9.50 Å². The molecule has 0 spiro atoms. The molecular formula is C17H22FN3O. The number of halogens is 1. The van der Waals surface area contributed by atoms with Gasteiger partial charge in [0.05, 0.1) is 11.9 Å². The second-order valence-corrected chi connectivity index (χ2v) is 5.90. The number of aliphatic hydroxyl groups is 1. The Bertz CT molecular complexity index is 596. The van der Waals surface area contributed by atoms with Crippen LogP contribution >= 0.6 is 0 Å². The maximum Gasteiger partial charge on any atom is 0.123 e. The molecule has 1 unspecified atom stereocenters. The Labute approximate surface area is 130 Å². The van der Waals surface area contributed by atoms with Gasteiger partial charge >= 0.3 is 0 Å². The van der Waals surface area contributed by atoms with Crippen molar-refractivity contribution in [2.75, 3.05) is 13.2 Å². The van der Waals surface area contributed by atoms with Crippen LogP contribution in [0.1, 0.15) is 31.2 Å². The summed E-state index contributed by atoms with van der Waals surface area (Å²) in [6.07, 6.45) is 8.26. The second-order valence-electron chi connectivity index (χ2n) is 5.90. The van der Waals surface area contributed by atoms with E-state index in [9.17, 15) is 4.39 Å². The number of aliphatic hydroxyl groups excluding tert-OH is 1. The molecule has 0 saturated carbocycles. The van der Waals surface area contributed by atoms with E-state index in [1.807, 2.05) is 12.4 Å². The third kappa shape index (κ3) is 3.54. The number of likely N-dealkylation sites (tertiary alicyclic amines) is 1. The Kier molecular flexibility index (Phi) is 4.85. The van der Waals surface area contributed by atoms with Crippen LogP contribution in [0.3, 0.4) is 0 Å². The first-order valence-corrected chi connectivity index (χ1v) is 7.90. The molecule has 1 saturated heterocycles. The average Bonchev–Trinajstić information content (AvgIpc) is 3.16. The molecule has 1 aromatic heterocycles. The minimum atomic E-state index is -0.236. The number of nitrogens with zero attached hydrogens (tertiary/aromatic N) is 3. The monoisotopic (exact) mass is 303 g/mol. The SMILES string of the molecule is OCCCC1CCCN1Cc1cnn(-c2ccc(F)cc2)c1. The lowest BCUT2D eigenvalue weighted by molar-refractivity contribution is 0.210. The topological polar surface area (TPSA) is 41.3 Å². The van der Waals surface area contributed by atoms with Crippen molar-refractivity contribution >= 4 is 0 Å². The van der Waals surface area contributed by atoms with Gasteiger partial charge in [-0.05, 0) is 56.5 Å². The molecule has 2 heterocycles. The Morgan fingerprint density at radius 2 is 2.09 bits per heavy atom. The van der Waals surface area contributed by atoms with Crippen molar-refractivity contribution in [3.8, 4) is 5.69 Å². The fourth-order valence-electron chi connectivity index (χ4n) is 3.17. The molecule has 118 valence electrons. The second kappa shape index (κ2) is 7.03. The van der Waals surface area contributed by atoms with E-state index >= 15 is 0 Å². The quantitative estimate of drug-likeness (QED) is 0.892. The number of hydrogen-bond acceptors (Lipinski definition) is 3. The van der Waals surface area contributed by atoms with E-state index in [4.69, 9.17) is 5.11 Å². The van der Waals surface area contributed by atoms with Crippen LogP contribution in [0.5, 0.6) is 0 Å². The van der Waals surface area contributed by atoms with Crippen molar-refractivity contribution in [2.24, 2.45) is 0 Å². The van der Waals surface area contributed by atoms with Gasteiger partial charge in [-0.1, -0.05) is 0 Å². The molecule has 4 nitrogen and oxygen atoms in total. The minimum Gasteiger partial charge on any atom is -0.396 e. The highest BCUT2D eigenvalue weighted by molar-refractivity contribution is 5.31. The molecule has 0 amide bonds. The zero-order valence-electron chi connectivity index (χ0n) is 12.7. The highest BCUT2D eigenvalue weighted by Crippen LogP contribution is 2.23. The van der Waals surface area contributed by atoms with Crippen LogP contribution in [-0.4, -0.2) is 39.0 Å². The normalized spacial score (nSPS) is 18.9. The molecule has 0 bridgehead atoms. The highest BCUT2D eigenvalue weighted by Gasteiger charge is 2.24. The van der Waals surface area contributed by atoms with Gasteiger partial charge in [0.25, 0.3) is 0 Å². The van der Waals surface area contributed by atoms with Crippen LogP contribution < -0.4 is 0 Å². The van der Waals surface area contributed by atoms with Crippen LogP contribution in [0.2, 0.25) is 0 Å². The number of aromatic nitrogens is 2. The van der Waals surface area contributed by atoms with E-state index in [1.54, 1.807) is 16.8 Å². The molecule has 1 fully saturated rings. The van der Waals surface area contributed by atoms with Crippen molar-refractivity contribution in [3.63, 3.8) is 0 Å². The molecule has 1 aromatic carbocycles. The molecule has 22 heavy (non-hydrogen) atoms. The lowest BCUT2D eigenvalue weighted by Gasteiger charge is -2.23. The molecule has 1 aliphatic rings. The summed E-state index contributed by atoms with van der Waals surface area (Å²) >= 11 is 0. The zero-order valence-corrected chi connectivity index (χ0v) is 12.7. The Morgan fingerprint density at radius 1 is 1.27 bits per heavy atom. The third-order valence-electron chi connectivity index (χ3n) is 4.31. The van der Waals surface area contributed by atoms with Crippen molar-refractivity contribution in [3.05, 3.63) is 48.0 Å². The summed E-state index contributed by atoms with van der Waals surface area (Å²) in [4.78, 5) is 2.47. The summed E-state index contributed by atoms with van der Waals surface area (Å²) in [7, 11) is 0. The fraction of sp³-hybridized carbons (Fsp3) is 0.471. The number of rotatable bonds is 6. The van der Waals surface area contributed by atoms with Crippen LogP contribution in [0.4, 0.5) is 4.39 Å². The summed E-state index contributed by atoms with van der Waals surface area (Å²) < 4.78 is 14.8. The fourth-order valence-corrected chi connectivity index (χ4v) is 3.17. The molecule has 2 aromatic rings. The van der Waals surface area contributed by atoms with E-state index < -0.39 is 0 Å². The summed E-state index contributed by atoms with van der Waals surface area (Å²) in [5, 5.41) is 13.4. The van der Waals surface area contributed by atoms with E-state index in [0.29, 0.717) is 6.04 Å². The first-order chi connectivity index (χ1) is 10.8. The maximum atomic E-state index is 13.0. The molecule has 1 N–H and O–H groups in total. The summed E-state index contributed by atoms with van der Waals surface area (Å²) in [6, 6.07) is 6.92. The molecule has 3 rings (SSSR count). The standard InChI is InChI=1S/C17H22FN3O/c18-15-5-7-17(8-6-15)21-13-14(11-19-21)12-20-9-1-3-16(20)4-2-10-22/h5-8,11,13,16,22H,1-4,9-10,12H2. The molecule has 0 aliphatic carbocycles. The van der Waals surface area contributed by atoms with E-state index in [1.165, 1.54) is 30.5 Å². The summed E-state index contributed by atoms with van der Waals surface area (Å²) in [5.41, 5.74) is 2.03. The summed E-state index contributed by atoms with van der Waals surface area (Å²) in [6.45, 7) is 2.27. The number of hydrogen-bond donors (Lipinski definition) is 1. The first-order valence-electron chi connectivity index (χ1n) is 7.90. The predicted octanol–water partition coefficient (Wildman–Crippen LogP) is 2.75. The third-order valence-corrected chi connectivity index (χ3v) is 4.31. The van der Waals surface area contributed by atoms with E-state index in [0.717, 1.165) is 31.6 Å². The van der Waals surface area contributed by atoms with Crippen LogP contribution in [-0.2, 0) is 6.54 Å². The van der Waals surface area contributed by atoms with E-state index in [2.05, 4.69) is 10.00 Å². The summed E-state index contributed by atoms with van der Waals surface area (Å²) in [5.74, 6) is -0.236. The van der Waals surface area contributed by atoms with Gasteiger partial charge in [0.1, 0.15) is 5.82 Å². The average molecular weight is 303 g/mol. The Hall–Kier alpha value is -1.72. The lowest BCUT2D eigenvalue weighted by atomic mass is 10.1. The lowest BCUT2D eigenvalue weighted by Crippen LogP contribution is -2.28. The van der Waals surface area contributed by atoms with Gasteiger partial charge in [-0.2, -0.15) is 5.10 Å². The van der Waals surface area contributed by atoms with Gasteiger partial charge in [-0.15, -0.1) is 0 Å². The van der Waals surface area contributed by atoms with Gasteiger partial charge in [-0.25, -0.2) is 9.07 Å². The van der Waals surface area contributed by atoms with Gasteiger partial charge < -0.3 is 5.11 Å². The highest BCUT2D eigenvalue weighted by atomic mass is 19.1. The van der Waals surface area contributed by atoms with Gasteiger partial charge in [0, 0.05) is 31.0 Å². The van der Waals surface area contributed by atoms with Crippen molar-refractivity contribution in [1.29, 1.82) is 0 Å². The molecule has 1 atom stereocenters. The van der Waals surface area contributed by atoms with Crippen LogP contribution in [0.25, 0.3) is 5.69 Å². The first kappa shape index (κ1) is 15.2. The van der Waals surface area contributed by atoms with Crippen LogP contribution in [0.15, 0.2) is 36.7 Å². The molecule has 0 radical (unpaired) electrons. The van der Waals surface area contributed by atoms with Crippen LogP contribution in [0, 0.1) is 5.82 Å². The largest absolute Gasteiger partial charge is 0.396 e. The van der Waals surface area contributed by atoms with Gasteiger partial charge in [0.15, 0.2) is 0 Å². The van der Waals surface area contributed by atoms with Gasteiger partial charge in [0.2, 0.25) is 0 Å². The van der Waals surface area contributed by atoms with E-state index in [-0.39, 0.29) is 12.4 Å². The number of benzene rings is 1. The van der Waals surface area contributed by atoms with Crippen molar-refractivity contribution in [2.45, 2.75) is 38.3 Å². The van der Waals surface area contributed by atoms with Crippen molar-refractivity contribution in [1.82, 2.24) is 14.7 Å². The predicted molar refractivity (Wildman–Crippen MR) is 83.3 cm³/mol. The molecular weight excluding hydrogens is 281 g/mol. The maximum absolute atomic E-state index is 13.0. The Morgan fingerprint density at radius 3 is 2.86 bits per heavy atom. The molecule has 1 aliphatic heterocycles. The Balaban J connectivity index is 1.65. The smallest absolute Gasteiger partial charge is 0.123 e. The molecule has 5 heteroatoms. The zero-order chi connectivity index (χ0) is 15.4. The van der Waals surface area contributed by atoms with Gasteiger partial charge in [-0.3, -0.25) is 4.90 Å².